The normalized spacial score (nSPS) is 21.5. The van der Waals surface area contributed by atoms with E-state index in [2.05, 4.69) is 21.7 Å². The maximum atomic E-state index is 11.5. The first kappa shape index (κ1) is 16.1. The molecule has 2 atom stereocenters. The molecule has 2 aromatic heterocycles. The lowest BCUT2D eigenvalue weighted by atomic mass is 9.87. The van der Waals surface area contributed by atoms with Crippen LogP contribution in [-0.2, 0) is 5.75 Å². The van der Waals surface area contributed by atoms with Crippen molar-refractivity contribution in [3.8, 4) is 5.75 Å². The van der Waals surface area contributed by atoms with E-state index < -0.39 is 5.43 Å². The highest BCUT2D eigenvalue weighted by molar-refractivity contribution is 7.98. The van der Waals surface area contributed by atoms with E-state index >= 15 is 0 Å². The predicted molar refractivity (Wildman–Crippen MR) is 87.6 cm³/mol. The lowest BCUT2D eigenvalue weighted by Crippen LogP contribution is -2.19. The summed E-state index contributed by atoms with van der Waals surface area (Å²) in [6, 6.07) is 1.77. The molecule has 2 aromatic rings. The third-order valence-electron chi connectivity index (χ3n) is 4.32. The molecule has 0 aliphatic heterocycles. The minimum absolute atomic E-state index is 0.367. The van der Waals surface area contributed by atoms with Gasteiger partial charge in [0.15, 0.2) is 10.9 Å². The number of aryl methyl sites for hydroxylation is 1. The average molecular weight is 335 g/mol. The van der Waals surface area contributed by atoms with Crippen LogP contribution in [0.1, 0.15) is 50.2 Å². The highest BCUT2D eigenvalue weighted by Gasteiger charge is 2.24. The number of hydrogen-bond acceptors (Lipinski definition) is 6. The van der Waals surface area contributed by atoms with Crippen LogP contribution in [-0.4, -0.2) is 19.9 Å². The van der Waals surface area contributed by atoms with Crippen molar-refractivity contribution in [2.24, 2.45) is 5.92 Å². The second-order valence-electron chi connectivity index (χ2n) is 6.21. The minimum Gasteiger partial charge on any atom is -0.502 e. The van der Waals surface area contributed by atoms with E-state index in [1.54, 1.807) is 0 Å². The molecule has 3 rings (SSSR count). The molecule has 7 heteroatoms. The van der Waals surface area contributed by atoms with Crippen molar-refractivity contribution in [1.82, 2.24) is 14.8 Å². The molecular formula is C16H21N3O3S. The molecule has 1 saturated carbocycles. The molecule has 1 N–H and O–H groups in total. The molecule has 1 fully saturated rings. The van der Waals surface area contributed by atoms with Crippen LogP contribution < -0.4 is 5.43 Å². The van der Waals surface area contributed by atoms with Gasteiger partial charge in [0.25, 0.3) is 0 Å². The zero-order valence-electron chi connectivity index (χ0n) is 13.4. The number of thioether (sulfide) groups is 1. The van der Waals surface area contributed by atoms with Gasteiger partial charge in [0, 0.05) is 12.1 Å². The summed E-state index contributed by atoms with van der Waals surface area (Å²) in [6.45, 7) is 4.28. The third kappa shape index (κ3) is 3.60. The Morgan fingerprint density at radius 2 is 2.26 bits per heavy atom. The van der Waals surface area contributed by atoms with Gasteiger partial charge < -0.3 is 14.1 Å². The first-order chi connectivity index (χ1) is 11.0. The molecule has 2 heterocycles. The molecular weight excluding hydrogens is 314 g/mol. The summed E-state index contributed by atoms with van der Waals surface area (Å²) in [6.07, 6.45) is 5.92. The second-order valence-corrected chi connectivity index (χ2v) is 7.15. The topological polar surface area (TPSA) is 81.2 Å². The Bertz CT molecular complexity index is 740. The molecule has 0 aromatic carbocycles. The summed E-state index contributed by atoms with van der Waals surface area (Å²) >= 11 is 1.51. The van der Waals surface area contributed by atoms with E-state index in [4.69, 9.17) is 4.42 Å². The highest BCUT2D eigenvalue weighted by atomic mass is 32.2. The van der Waals surface area contributed by atoms with Crippen molar-refractivity contribution in [3.05, 3.63) is 34.1 Å². The first-order valence-corrected chi connectivity index (χ1v) is 8.88. The second kappa shape index (κ2) is 6.78. The summed E-state index contributed by atoms with van der Waals surface area (Å²) in [5.74, 6) is 2.29. The van der Waals surface area contributed by atoms with Gasteiger partial charge in [0.05, 0.1) is 5.75 Å². The minimum atomic E-state index is -0.425. The highest BCUT2D eigenvalue weighted by Crippen LogP contribution is 2.35. The fourth-order valence-corrected chi connectivity index (χ4v) is 4.10. The fourth-order valence-electron chi connectivity index (χ4n) is 3.16. The predicted octanol–water partition coefficient (Wildman–Crippen LogP) is 3.29. The van der Waals surface area contributed by atoms with E-state index in [0.717, 1.165) is 36.0 Å². The van der Waals surface area contributed by atoms with Crippen LogP contribution in [0, 0.1) is 12.8 Å². The third-order valence-corrected chi connectivity index (χ3v) is 5.28. The summed E-state index contributed by atoms with van der Waals surface area (Å²) in [5, 5.41) is 18.6. The molecule has 124 valence electrons. The van der Waals surface area contributed by atoms with Crippen LogP contribution >= 0.6 is 11.8 Å². The van der Waals surface area contributed by atoms with Crippen LogP contribution in [0.15, 0.2) is 26.7 Å². The van der Waals surface area contributed by atoms with Crippen LogP contribution in [0.3, 0.4) is 0 Å². The molecule has 0 bridgehead atoms. The van der Waals surface area contributed by atoms with Crippen LogP contribution in [0.4, 0.5) is 0 Å². The Morgan fingerprint density at radius 1 is 1.43 bits per heavy atom. The number of rotatable bonds is 4. The standard InChI is InChI=1S/C16H21N3O3S/c1-10-4-3-5-12(6-10)19-11(2)17-18-16(19)23-9-13-7-14(20)15(21)8-22-13/h7-8,10,12,21H,3-6,9H2,1-2H3. The van der Waals surface area contributed by atoms with Crippen molar-refractivity contribution in [2.75, 3.05) is 0 Å². The zero-order valence-corrected chi connectivity index (χ0v) is 14.2. The summed E-state index contributed by atoms with van der Waals surface area (Å²) in [7, 11) is 0. The van der Waals surface area contributed by atoms with Gasteiger partial charge in [-0.15, -0.1) is 10.2 Å². The first-order valence-electron chi connectivity index (χ1n) is 7.89. The van der Waals surface area contributed by atoms with Gasteiger partial charge in [0.2, 0.25) is 5.43 Å². The molecule has 23 heavy (non-hydrogen) atoms. The van der Waals surface area contributed by atoms with Crippen LogP contribution in [0.5, 0.6) is 5.75 Å². The molecule has 2 unspecified atom stereocenters. The van der Waals surface area contributed by atoms with E-state index in [9.17, 15) is 9.90 Å². The molecule has 6 nitrogen and oxygen atoms in total. The summed E-state index contributed by atoms with van der Waals surface area (Å²) < 4.78 is 7.46. The van der Waals surface area contributed by atoms with Gasteiger partial charge >= 0.3 is 0 Å². The maximum absolute atomic E-state index is 11.5. The number of hydrogen-bond donors (Lipinski definition) is 1. The number of aromatic hydroxyl groups is 1. The molecule has 1 aliphatic rings. The SMILES string of the molecule is Cc1nnc(SCc2cc(=O)c(O)co2)n1C1CCCC(C)C1. The van der Waals surface area contributed by atoms with Crippen LogP contribution in [0.2, 0.25) is 0 Å². The van der Waals surface area contributed by atoms with Gasteiger partial charge in [-0.25, -0.2) is 0 Å². The summed E-state index contributed by atoms with van der Waals surface area (Å²) in [4.78, 5) is 11.5. The zero-order chi connectivity index (χ0) is 16.4. The lowest BCUT2D eigenvalue weighted by molar-refractivity contribution is 0.268. The van der Waals surface area contributed by atoms with Crippen molar-refractivity contribution in [3.63, 3.8) is 0 Å². The van der Waals surface area contributed by atoms with Crippen molar-refractivity contribution in [1.29, 1.82) is 0 Å². The van der Waals surface area contributed by atoms with Gasteiger partial charge in [-0.2, -0.15) is 0 Å². The largest absolute Gasteiger partial charge is 0.502 e. The Balaban J connectivity index is 1.75. The van der Waals surface area contributed by atoms with E-state index in [1.807, 2.05) is 6.92 Å². The Hall–Kier alpha value is -1.76. The Morgan fingerprint density at radius 3 is 3.00 bits per heavy atom. The Labute approximate surface area is 138 Å². The average Bonchev–Trinajstić information content (AvgIpc) is 2.89. The summed E-state index contributed by atoms with van der Waals surface area (Å²) in [5.41, 5.74) is -0.425. The van der Waals surface area contributed by atoms with Crippen molar-refractivity contribution < 1.29 is 9.52 Å². The number of nitrogens with zero attached hydrogens (tertiary/aromatic N) is 3. The molecule has 0 radical (unpaired) electrons. The van der Waals surface area contributed by atoms with E-state index in [0.29, 0.717) is 17.6 Å². The monoisotopic (exact) mass is 335 g/mol. The molecule has 0 saturated heterocycles. The molecule has 0 amide bonds. The molecule has 1 aliphatic carbocycles. The molecule has 0 spiro atoms. The Kier molecular flexibility index (Phi) is 4.75. The maximum Gasteiger partial charge on any atom is 0.226 e. The van der Waals surface area contributed by atoms with E-state index in [-0.39, 0.29) is 5.75 Å². The van der Waals surface area contributed by atoms with Crippen molar-refractivity contribution in [2.45, 2.75) is 56.5 Å². The van der Waals surface area contributed by atoms with Crippen LogP contribution in [0.25, 0.3) is 0 Å². The van der Waals surface area contributed by atoms with Crippen molar-refractivity contribution >= 4 is 11.8 Å². The van der Waals surface area contributed by atoms with E-state index in [1.165, 1.54) is 30.7 Å². The van der Waals surface area contributed by atoms with Gasteiger partial charge in [-0.3, -0.25) is 4.79 Å². The van der Waals surface area contributed by atoms with Gasteiger partial charge in [-0.1, -0.05) is 31.5 Å². The smallest absolute Gasteiger partial charge is 0.226 e. The van der Waals surface area contributed by atoms with Gasteiger partial charge in [0.1, 0.15) is 17.8 Å². The lowest BCUT2D eigenvalue weighted by Gasteiger charge is -2.29. The fraction of sp³-hybridized carbons (Fsp3) is 0.562. The van der Waals surface area contributed by atoms with Gasteiger partial charge in [-0.05, 0) is 25.7 Å². The quantitative estimate of drug-likeness (QED) is 0.864. The number of aromatic nitrogens is 3.